The topological polar surface area (TPSA) is 27.1 Å². The van der Waals surface area contributed by atoms with Crippen LogP contribution in [0.1, 0.15) is 37.7 Å². The molecule has 1 heterocycles. The minimum absolute atomic E-state index is 0.00835. The van der Waals surface area contributed by atoms with Crippen molar-refractivity contribution in [3.63, 3.8) is 0 Å². The van der Waals surface area contributed by atoms with Crippen molar-refractivity contribution in [3.05, 3.63) is 29.1 Å². The van der Waals surface area contributed by atoms with E-state index < -0.39 is 0 Å². The number of aromatic nitrogens is 2. The molecule has 2 aromatic rings. The van der Waals surface area contributed by atoms with Crippen LogP contribution in [0.5, 0.6) is 0 Å². The molecule has 18 heavy (non-hydrogen) atoms. The molecule has 0 saturated heterocycles. The van der Waals surface area contributed by atoms with Crippen molar-refractivity contribution >= 4 is 21.5 Å². The molecule has 0 aliphatic rings. The Balaban J connectivity index is 2.75. The number of fused-ring (bicyclic) bond motifs is 1. The van der Waals surface area contributed by atoms with E-state index in [1.165, 1.54) is 11.1 Å². The Kier molecular flexibility index (Phi) is 3.34. The van der Waals surface area contributed by atoms with Crippen LogP contribution in [0, 0.1) is 13.8 Å². The van der Waals surface area contributed by atoms with Crippen molar-refractivity contribution in [2.45, 2.75) is 46.8 Å². The molecule has 2 rings (SSSR count). The van der Waals surface area contributed by atoms with Gasteiger partial charge in [-0.2, -0.15) is 0 Å². The van der Waals surface area contributed by atoms with E-state index in [9.17, 15) is 0 Å². The predicted molar refractivity (Wildman–Crippen MR) is 74.7 cm³/mol. The summed E-state index contributed by atoms with van der Waals surface area (Å²) >= 11 is 0. The van der Waals surface area contributed by atoms with E-state index in [1.807, 2.05) is 0 Å². The lowest BCUT2D eigenvalue weighted by Gasteiger charge is -2.19. The van der Waals surface area contributed by atoms with Gasteiger partial charge in [0, 0.05) is 5.41 Å². The van der Waals surface area contributed by atoms with E-state index in [-0.39, 0.29) is 5.41 Å². The Morgan fingerprint density at radius 1 is 1.22 bits per heavy atom. The molecule has 0 amide bonds. The Morgan fingerprint density at radius 3 is 2.39 bits per heavy atom. The fourth-order valence-corrected chi connectivity index (χ4v) is 2.28. The maximum absolute atomic E-state index is 5.13. The van der Waals surface area contributed by atoms with Gasteiger partial charge in [-0.3, -0.25) is 0 Å². The van der Waals surface area contributed by atoms with Crippen LogP contribution < -0.4 is 0 Å². The van der Waals surface area contributed by atoms with Crippen molar-refractivity contribution in [2.24, 2.45) is 0 Å². The Morgan fingerprint density at radius 2 is 1.83 bits per heavy atom. The summed E-state index contributed by atoms with van der Waals surface area (Å²) in [5.41, 5.74) is 4.70. The number of benzene rings is 1. The molecule has 3 nitrogen and oxygen atoms in total. The highest BCUT2D eigenvalue weighted by atomic mass is 28.2. The van der Waals surface area contributed by atoms with E-state index >= 15 is 0 Å². The highest BCUT2D eigenvalue weighted by molar-refractivity contribution is 5.97. The van der Waals surface area contributed by atoms with Crippen LogP contribution >= 0.6 is 0 Å². The summed E-state index contributed by atoms with van der Waals surface area (Å²) in [5.74, 6) is 1.04. The molecular formula is C14H19N2OSi. The van der Waals surface area contributed by atoms with Gasteiger partial charge in [-0.1, -0.05) is 20.8 Å². The Labute approximate surface area is 112 Å². The zero-order valence-corrected chi connectivity index (χ0v) is 12.7. The minimum atomic E-state index is -0.00835. The fourth-order valence-electron chi connectivity index (χ4n) is 2.15. The Hall–Kier alpha value is -1.13. The van der Waals surface area contributed by atoms with Gasteiger partial charge in [0.25, 0.3) is 0 Å². The number of nitrogens with zero attached hydrogens (tertiary/aromatic N) is 2. The SMILES string of the molecule is Cc1cc2nc(C(C)(C)C)n(CO[Si])c2cc1C. The second-order valence-corrected chi connectivity index (χ2v) is 6.10. The number of hydrogen-bond donors (Lipinski definition) is 0. The van der Waals surface area contributed by atoms with Gasteiger partial charge >= 0.3 is 0 Å². The normalized spacial score (nSPS) is 12.3. The summed E-state index contributed by atoms with van der Waals surface area (Å²) in [6, 6.07) is 4.32. The lowest BCUT2D eigenvalue weighted by molar-refractivity contribution is 0.253. The second-order valence-electron chi connectivity index (χ2n) is 5.81. The Bertz CT molecular complexity index is 581. The molecule has 0 saturated carbocycles. The monoisotopic (exact) mass is 259 g/mol. The molecule has 4 heteroatoms. The summed E-state index contributed by atoms with van der Waals surface area (Å²) in [6.45, 7) is 11.2. The molecule has 1 aromatic carbocycles. The molecule has 0 aliphatic heterocycles. The van der Waals surface area contributed by atoms with Gasteiger partial charge in [0.05, 0.1) is 11.0 Å². The maximum atomic E-state index is 5.13. The molecule has 3 radical (unpaired) electrons. The van der Waals surface area contributed by atoms with Gasteiger partial charge in [-0.15, -0.1) is 0 Å². The van der Waals surface area contributed by atoms with E-state index in [2.05, 4.69) is 61.8 Å². The van der Waals surface area contributed by atoms with Crippen LogP contribution in [0.3, 0.4) is 0 Å². The zero-order valence-electron chi connectivity index (χ0n) is 11.7. The molecular weight excluding hydrogens is 240 g/mol. The lowest BCUT2D eigenvalue weighted by atomic mass is 9.96. The van der Waals surface area contributed by atoms with Gasteiger partial charge in [-0.05, 0) is 37.1 Å². The third-order valence-electron chi connectivity index (χ3n) is 3.23. The van der Waals surface area contributed by atoms with E-state index in [0.29, 0.717) is 6.73 Å². The largest absolute Gasteiger partial charge is 0.401 e. The summed E-state index contributed by atoms with van der Waals surface area (Å²) in [7, 11) is 3.09. The van der Waals surface area contributed by atoms with Crippen LogP contribution in [-0.4, -0.2) is 20.0 Å². The number of aryl methyl sites for hydroxylation is 2. The van der Waals surface area contributed by atoms with Gasteiger partial charge in [0.2, 0.25) is 10.5 Å². The molecule has 0 fully saturated rings. The fraction of sp³-hybridized carbons (Fsp3) is 0.500. The van der Waals surface area contributed by atoms with Crippen LogP contribution in [0.2, 0.25) is 0 Å². The highest BCUT2D eigenvalue weighted by Crippen LogP contribution is 2.28. The third-order valence-corrected chi connectivity index (χ3v) is 3.36. The maximum Gasteiger partial charge on any atom is 0.248 e. The molecule has 0 spiro atoms. The number of imidazole rings is 1. The van der Waals surface area contributed by atoms with Gasteiger partial charge in [0.15, 0.2) is 0 Å². The van der Waals surface area contributed by atoms with Crippen LogP contribution in [0.15, 0.2) is 12.1 Å². The summed E-state index contributed by atoms with van der Waals surface area (Å²) < 4.78 is 7.25. The first-order valence-corrected chi connectivity index (χ1v) is 6.52. The molecule has 95 valence electrons. The van der Waals surface area contributed by atoms with E-state index in [0.717, 1.165) is 16.9 Å². The van der Waals surface area contributed by atoms with E-state index in [4.69, 9.17) is 9.41 Å². The minimum Gasteiger partial charge on any atom is -0.401 e. The first kappa shape index (κ1) is 13.3. The van der Waals surface area contributed by atoms with Gasteiger partial charge in [-0.25, -0.2) is 4.98 Å². The van der Waals surface area contributed by atoms with Crippen molar-refractivity contribution in [1.82, 2.24) is 9.55 Å². The first-order valence-electron chi connectivity index (χ1n) is 6.11. The van der Waals surface area contributed by atoms with Crippen molar-refractivity contribution in [3.8, 4) is 0 Å². The van der Waals surface area contributed by atoms with Gasteiger partial charge in [0.1, 0.15) is 12.6 Å². The van der Waals surface area contributed by atoms with Crippen LogP contribution in [-0.2, 0) is 16.6 Å². The summed E-state index contributed by atoms with van der Waals surface area (Å²) in [6.07, 6.45) is 0. The highest BCUT2D eigenvalue weighted by Gasteiger charge is 2.23. The van der Waals surface area contributed by atoms with Crippen molar-refractivity contribution in [1.29, 1.82) is 0 Å². The molecule has 1 aromatic heterocycles. The average Bonchev–Trinajstić information content (AvgIpc) is 2.58. The van der Waals surface area contributed by atoms with Crippen LogP contribution in [0.25, 0.3) is 11.0 Å². The van der Waals surface area contributed by atoms with Gasteiger partial charge < -0.3 is 8.99 Å². The quantitative estimate of drug-likeness (QED) is 0.775. The zero-order chi connectivity index (χ0) is 13.5. The lowest BCUT2D eigenvalue weighted by Crippen LogP contribution is -2.19. The van der Waals surface area contributed by atoms with Crippen molar-refractivity contribution < 1.29 is 4.43 Å². The standard InChI is InChI=1S/C14H19N2OSi/c1-9-6-11-12(7-10(9)2)16(8-17-18)13(15-11)14(3,4)5/h6-7H,8H2,1-5H3. The van der Waals surface area contributed by atoms with Crippen molar-refractivity contribution in [2.75, 3.05) is 0 Å². The predicted octanol–water partition coefficient (Wildman–Crippen LogP) is 3.01. The summed E-state index contributed by atoms with van der Waals surface area (Å²) in [5, 5.41) is 0. The molecule has 0 atom stereocenters. The smallest absolute Gasteiger partial charge is 0.248 e. The third kappa shape index (κ3) is 2.22. The molecule has 0 N–H and O–H groups in total. The number of rotatable bonds is 2. The average molecular weight is 259 g/mol. The second kappa shape index (κ2) is 4.52. The summed E-state index contributed by atoms with van der Waals surface area (Å²) in [4.78, 5) is 4.77. The molecule has 0 bridgehead atoms. The first-order chi connectivity index (χ1) is 8.34. The molecule has 0 aliphatic carbocycles. The number of hydrogen-bond acceptors (Lipinski definition) is 2. The van der Waals surface area contributed by atoms with E-state index in [1.54, 1.807) is 0 Å². The molecule has 0 unspecified atom stereocenters. The van der Waals surface area contributed by atoms with Crippen LogP contribution in [0.4, 0.5) is 0 Å².